The SMILES string of the molecule is CCS(=O)(=O)C1CSCCN1C(CN)c1cc(C)sc1C. The van der Waals surface area contributed by atoms with Gasteiger partial charge in [-0.05, 0) is 25.5 Å². The first kappa shape index (κ1) is 17.3. The average molecular weight is 349 g/mol. The van der Waals surface area contributed by atoms with E-state index in [-0.39, 0.29) is 11.8 Å². The number of nitrogens with two attached hydrogens (primary N) is 1. The lowest BCUT2D eigenvalue weighted by Crippen LogP contribution is -2.51. The quantitative estimate of drug-likeness (QED) is 0.883. The molecule has 0 aliphatic carbocycles. The second-order valence-electron chi connectivity index (χ2n) is 5.34. The molecule has 2 atom stereocenters. The summed E-state index contributed by atoms with van der Waals surface area (Å²) in [5.41, 5.74) is 7.22. The summed E-state index contributed by atoms with van der Waals surface area (Å²) in [6, 6.07) is 2.16. The molecule has 0 spiro atoms. The van der Waals surface area contributed by atoms with Crippen molar-refractivity contribution in [2.45, 2.75) is 32.2 Å². The lowest BCUT2D eigenvalue weighted by Gasteiger charge is -2.40. The van der Waals surface area contributed by atoms with Gasteiger partial charge in [0.2, 0.25) is 0 Å². The van der Waals surface area contributed by atoms with Gasteiger partial charge in [-0.15, -0.1) is 11.3 Å². The number of hydrogen-bond donors (Lipinski definition) is 1. The van der Waals surface area contributed by atoms with Crippen LogP contribution in [0.2, 0.25) is 0 Å². The van der Waals surface area contributed by atoms with Crippen molar-refractivity contribution >= 4 is 32.9 Å². The Morgan fingerprint density at radius 3 is 2.71 bits per heavy atom. The third kappa shape index (κ3) is 3.64. The van der Waals surface area contributed by atoms with Gasteiger partial charge in [0, 0.05) is 46.1 Å². The van der Waals surface area contributed by atoms with E-state index in [1.54, 1.807) is 30.0 Å². The molecule has 2 rings (SSSR count). The van der Waals surface area contributed by atoms with Crippen LogP contribution in [0.15, 0.2) is 6.07 Å². The highest BCUT2D eigenvalue weighted by Gasteiger charge is 2.37. The number of thioether (sulfide) groups is 1. The molecule has 21 heavy (non-hydrogen) atoms. The first-order valence-electron chi connectivity index (χ1n) is 7.22. The molecule has 1 aromatic heterocycles. The molecule has 0 amide bonds. The Hall–Kier alpha value is -0.0800. The highest BCUT2D eigenvalue weighted by atomic mass is 32.2. The van der Waals surface area contributed by atoms with Gasteiger partial charge in [0.25, 0.3) is 0 Å². The zero-order valence-corrected chi connectivity index (χ0v) is 15.3. The molecule has 1 saturated heterocycles. The van der Waals surface area contributed by atoms with Gasteiger partial charge in [0.1, 0.15) is 5.37 Å². The zero-order valence-electron chi connectivity index (χ0n) is 12.8. The number of aryl methyl sites for hydroxylation is 2. The molecule has 1 aromatic rings. The van der Waals surface area contributed by atoms with Crippen LogP contribution in [0.3, 0.4) is 0 Å². The molecule has 0 saturated carbocycles. The Labute approximate surface area is 136 Å². The van der Waals surface area contributed by atoms with Crippen molar-refractivity contribution in [3.05, 3.63) is 21.4 Å². The molecule has 1 fully saturated rings. The highest BCUT2D eigenvalue weighted by molar-refractivity contribution is 8.01. The molecular weight excluding hydrogens is 324 g/mol. The van der Waals surface area contributed by atoms with E-state index in [0.29, 0.717) is 12.3 Å². The molecule has 2 N–H and O–H groups in total. The van der Waals surface area contributed by atoms with Crippen LogP contribution in [-0.2, 0) is 9.84 Å². The molecule has 1 aliphatic rings. The summed E-state index contributed by atoms with van der Waals surface area (Å²) < 4.78 is 24.8. The van der Waals surface area contributed by atoms with E-state index in [0.717, 1.165) is 12.3 Å². The lowest BCUT2D eigenvalue weighted by atomic mass is 10.1. The predicted octanol–water partition coefficient (Wildman–Crippen LogP) is 2.17. The van der Waals surface area contributed by atoms with Crippen molar-refractivity contribution in [3.63, 3.8) is 0 Å². The minimum atomic E-state index is -3.09. The van der Waals surface area contributed by atoms with Crippen LogP contribution in [0.25, 0.3) is 0 Å². The largest absolute Gasteiger partial charge is 0.329 e. The van der Waals surface area contributed by atoms with Gasteiger partial charge in [-0.1, -0.05) is 6.92 Å². The average Bonchev–Trinajstić information content (AvgIpc) is 2.79. The molecule has 0 bridgehead atoms. The lowest BCUT2D eigenvalue weighted by molar-refractivity contribution is 0.197. The van der Waals surface area contributed by atoms with Crippen LogP contribution < -0.4 is 5.73 Å². The summed E-state index contributed by atoms with van der Waals surface area (Å²) in [5.74, 6) is 1.80. The number of rotatable bonds is 5. The number of thiophene rings is 1. The summed E-state index contributed by atoms with van der Waals surface area (Å²) in [6.07, 6.45) is 0. The Morgan fingerprint density at radius 1 is 1.48 bits per heavy atom. The van der Waals surface area contributed by atoms with Crippen LogP contribution in [0.4, 0.5) is 0 Å². The Balaban J connectivity index is 2.36. The van der Waals surface area contributed by atoms with Crippen molar-refractivity contribution in [1.29, 1.82) is 0 Å². The van der Waals surface area contributed by atoms with Crippen molar-refractivity contribution in [2.75, 3.05) is 30.3 Å². The van der Waals surface area contributed by atoms with E-state index in [9.17, 15) is 8.42 Å². The number of hydrogen-bond acceptors (Lipinski definition) is 6. The van der Waals surface area contributed by atoms with Gasteiger partial charge in [-0.2, -0.15) is 11.8 Å². The predicted molar refractivity (Wildman–Crippen MR) is 92.9 cm³/mol. The minimum Gasteiger partial charge on any atom is -0.329 e. The first-order valence-corrected chi connectivity index (χ1v) is 10.9. The fourth-order valence-electron chi connectivity index (χ4n) is 2.88. The van der Waals surface area contributed by atoms with Gasteiger partial charge < -0.3 is 5.73 Å². The Kier molecular flexibility index (Phi) is 5.76. The molecule has 2 unspecified atom stereocenters. The second-order valence-corrected chi connectivity index (χ2v) is 10.4. The molecule has 120 valence electrons. The van der Waals surface area contributed by atoms with Crippen molar-refractivity contribution < 1.29 is 8.42 Å². The maximum absolute atomic E-state index is 12.4. The topological polar surface area (TPSA) is 63.4 Å². The van der Waals surface area contributed by atoms with Crippen LogP contribution in [0, 0.1) is 13.8 Å². The van der Waals surface area contributed by atoms with Gasteiger partial charge in [0.15, 0.2) is 9.84 Å². The van der Waals surface area contributed by atoms with E-state index in [1.807, 2.05) is 0 Å². The Morgan fingerprint density at radius 2 is 2.19 bits per heavy atom. The zero-order chi connectivity index (χ0) is 15.6. The monoisotopic (exact) mass is 348 g/mol. The van der Waals surface area contributed by atoms with E-state index >= 15 is 0 Å². The first-order chi connectivity index (χ1) is 9.90. The molecule has 0 aromatic carbocycles. The Bertz CT molecular complexity index is 583. The van der Waals surface area contributed by atoms with Crippen LogP contribution in [0.1, 0.15) is 28.3 Å². The summed E-state index contributed by atoms with van der Waals surface area (Å²) in [5, 5.41) is -0.408. The third-order valence-corrected chi connectivity index (χ3v) is 8.29. The maximum Gasteiger partial charge on any atom is 0.166 e. The molecule has 4 nitrogen and oxygen atoms in total. The molecule has 0 radical (unpaired) electrons. The van der Waals surface area contributed by atoms with Crippen molar-refractivity contribution in [3.8, 4) is 0 Å². The maximum atomic E-state index is 12.4. The number of sulfone groups is 1. The van der Waals surface area contributed by atoms with Gasteiger partial charge >= 0.3 is 0 Å². The molecular formula is C14H24N2O2S3. The highest BCUT2D eigenvalue weighted by Crippen LogP contribution is 2.34. The third-order valence-electron chi connectivity index (χ3n) is 4.00. The smallest absolute Gasteiger partial charge is 0.166 e. The van der Waals surface area contributed by atoms with Gasteiger partial charge in [0.05, 0.1) is 0 Å². The number of nitrogens with zero attached hydrogens (tertiary/aromatic N) is 1. The van der Waals surface area contributed by atoms with Crippen molar-refractivity contribution in [2.24, 2.45) is 5.73 Å². The summed E-state index contributed by atoms with van der Waals surface area (Å²) in [6.45, 7) is 7.14. The minimum absolute atomic E-state index is 0.00201. The normalized spacial score (nSPS) is 22.4. The van der Waals surface area contributed by atoms with E-state index < -0.39 is 15.2 Å². The van der Waals surface area contributed by atoms with Crippen molar-refractivity contribution in [1.82, 2.24) is 4.90 Å². The summed E-state index contributed by atoms with van der Waals surface area (Å²) in [4.78, 5) is 4.61. The molecule has 2 heterocycles. The summed E-state index contributed by atoms with van der Waals surface area (Å²) >= 11 is 3.48. The summed E-state index contributed by atoms with van der Waals surface area (Å²) in [7, 11) is -3.09. The fraction of sp³-hybridized carbons (Fsp3) is 0.714. The van der Waals surface area contributed by atoms with Crippen LogP contribution >= 0.6 is 23.1 Å². The molecule has 1 aliphatic heterocycles. The van der Waals surface area contributed by atoms with Crippen LogP contribution in [-0.4, -0.2) is 49.0 Å². The fourth-order valence-corrected chi connectivity index (χ4v) is 6.92. The van der Waals surface area contributed by atoms with Gasteiger partial charge in [-0.25, -0.2) is 8.42 Å². The second kappa shape index (κ2) is 7.00. The van der Waals surface area contributed by atoms with E-state index in [2.05, 4.69) is 24.8 Å². The molecule has 7 heteroatoms. The van der Waals surface area contributed by atoms with Crippen LogP contribution in [0.5, 0.6) is 0 Å². The van der Waals surface area contributed by atoms with Gasteiger partial charge in [-0.3, -0.25) is 4.90 Å². The van der Waals surface area contributed by atoms with E-state index in [1.165, 1.54) is 15.3 Å². The standard InChI is InChI=1S/C14H24N2O2S3/c1-4-21(17,18)14-9-19-6-5-16(14)13(8-15)12-7-10(2)20-11(12)3/h7,13-14H,4-6,8-9,15H2,1-3H3. The van der Waals surface area contributed by atoms with E-state index in [4.69, 9.17) is 5.73 Å².